The van der Waals surface area contributed by atoms with Crippen LogP contribution < -0.4 is 0 Å². The largest absolute Gasteiger partial charge is 0.481 e. The maximum Gasteiger partial charge on any atom is 0.303 e. The first kappa shape index (κ1) is 13.7. The minimum absolute atomic E-state index is 0.203. The third kappa shape index (κ3) is 6.04. The molecule has 0 amide bonds. The van der Waals surface area contributed by atoms with Gasteiger partial charge in [-0.1, -0.05) is 13.8 Å². The highest BCUT2D eigenvalue weighted by molar-refractivity contribution is 5.66. The quantitative estimate of drug-likeness (QED) is 0.706. The number of rotatable bonds is 8. The Morgan fingerprint density at radius 2 is 1.88 bits per heavy atom. The number of unbranched alkanes of at least 4 members (excludes halogenated alkanes) is 1. The van der Waals surface area contributed by atoms with E-state index in [0.29, 0.717) is 30.5 Å². The van der Waals surface area contributed by atoms with Crippen molar-refractivity contribution < 1.29 is 14.3 Å². The molecule has 0 spiro atoms. The lowest BCUT2D eigenvalue weighted by Crippen LogP contribution is -1.95. The van der Waals surface area contributed by atoms with Crippen molar-refractivity contribution >= 4 is 5.97 Å². The second kappa shape index (κ2) is 7.04. The van der Waals surface area contributed by atoms with Gasteiger partial charge < -0.3 is 9.52 Å². The van der Waals surface area contributed by atoms with E-state index in [1.54, 1.807) is 0 Å². The Kier molecular flexibility index (Phi) is 5.66. The van der Waals surface area contributed by atoms with Crippen LogP contribution in [0.25, 0.3) is 0 Å². The first-order valence-electron chi connectivity index (χ1n) is 6.11. The van der Waals surface area contributed by atoms with Crippen LogP contribution in [0.1, 0.15) is 51.3 Å². The maximum atomic E-state index is 10.3. The first-order valence-corrected chi connectivity index (χ1v) is 6.11. The van der Waals surface area contributed by atoms with E-state index in [-0.39, 0.29) is 6.42 Å². The minimum atomic E-state index is -0.756. The van der Waals surface area contributed by atoms with Crippen LogP contribution in [0.2, 0.25) is 0 Å². The lowest BCUT2D eigenvalue weighted by atomic mass is 10.1. The highest BCUT2D eigenvalue weighted by atomic mass is 16.4. The molecule has 1 aromatic heterocycles. The molecule has 0 fully saturated rings. The van der Waals surface area contributed by atoms with Gasteiger partial charge in [-0.2, -0.15) is 0 Å². The van der Waals surface area contributed by atoms with E-state index < -0.39 is 5.97 Å². The fourth-order valence-electron chi connectivity index (χ4n) is 1.46. The van der Waals surface area contributed by atoms with Crippen molar-refractivity contribution in [2.24, 2.45) is 5.92 Å². The second-order valence-electron chi connectivity index (χ2n) is 4.62. The van der Waals surface area contributed by atoms with Crippen LogP contribution in [-0.2, 0) is 17.6 Å². The van der Waals surface area contributed by atoms with Crippen molar-refractivity contribution in [3.05, 3.63) is 11.8 Å². The van der Waals surface area contributed by atoms with Gasteiger partial charge in [0, 0.05) is 19.3 Å². The number of aromatic nitrogens is 2. The first-order chi connectivity index (χ1) is 8.08. The van der Waals surface area contributed by atoms with Gasteiger partial charge >= 0.3 is 5.97 Å². The van der Waals surface area contributed by atoms with Crippen molar-refractivity contribution in [2.75, 3.05) is 0 Å². The Labute approximate surface area is 101 Å². The van der Waals surface area contributed by atoms with Gasteiger partial charge in [0.15, 0.2) is 0 Å². The monoisotopic (exact) mass is 240 g/mol. The predicted octanol–water partition coefficient (Wildman–Crippen LogP) is 2.46. The van der Waals surface area contributed by atoms with Gasteiger partial charge in [0.05, 0.1) is 0 Å². The number of carboxylic acids is 1. The molecule has 0 unspecified atom stereocenters. The minimum Gasteiger partial charge on any atom is -0.481 e. The summed E-state index contributed by atoms with van der Waals surface area (Å²) in [4.78, 5) is 10.3. The molecule has 5 nitrogen and oxygen atoms in total. The summed E-state index contributed by atoms with van der Waals surface area (Å²) in [7, 11) is 0. The van der Waals surface area contributed by atoms with Crippen molar-refractivity contribution in [1.29, 1.82) is 0 Å². The maximum absolute atomic E-state index is 10.3. The summed E-state index contributed by atoms with van der Waals surface area (Å²) < 4.78 is 5.47. The van der Waals surface area contributed by atoms with Crippen LogP contribution in [-0.4, -0.2) is 21.3 Å². The van der Waals surface area contributed by atoms with E-state index in [9.17, 15) is 4.79 Å². The van der Waals surface area contributed by atoms with Crippen molar-refractivity contribution in [1.82, 2.24) is 10.2 Å². The number of carboxylic acid groups (broad SMARTS) is 1. The standard InChI is InChI=1S/C12H20N2O3/c1-9(2)7-8-11-14-13-10(17-11)5-3-4-6-12(15)16/h9H,3-8H2,1-2H3,(H,15,16). The Bertz CT molecular complexity index is 347. The van der Waals surface area contributed by atoms with Crippen LogP contribution in [0.15, 0.2) is 4.42 Å². The van der Waals surface area contributed by atoms with E-state index in [2.05, 4.69) is 24.0 Å². The molecule has 0 aromatic carbocycles. The summed E-state index contributed by atoms with van der Waals surface area (Å²) in [5.41, 5.74) is 0. The number of hydrogen-bond donors (Lipinski definition) is 1. The van der Waals surface area contributed by atoms with Gasteiger partial charge in [-0.25, -0.2) is 0 Å². The average Bonchev–Trinajstić information content (AvgIpc) is 2.69. The average molecular weight is 240 g/mol. The van der Waals surface area contributed by atoms with E-state index in [4.69, 9.17) is 9.52 Å². The summed E-state index contributed by atoms with van der Waals surface area (Å²) >= 11 is 0. The Balaban J connectivity index is 2.23. The molecule has 96 valence electrons. The molecule has 0 radical (unpaired) electrons. The fraction of sp³-hybridized carbons (Fsp3) is 0.750. The van der Waals surface area contributed by atoms with E-state index in [1.165, 1.54) is 0 Å². The van der Waals surface area contributed by atoms with Crippen LogP contribution in [0.4, 0.5) is 0 Å². The third-order valence-corrected chi connectivity index (χ3v) is 2.48. The van der Waals surface area contributed by atoms with Crippen LogP contribution in [0.5, 0.6) is 0 Å². The van der Waals surface area contributed by atoms with Crippen LogP contribution >= 0.6 is 0 Å². The topological polar surface area (TPSA) is 76.2 Å². The Morgan fingerprint density at radius 1 is 1.24 bits per heavy atom. The number of aliphatic carboxylic acids is 1. The molecule has 0 aliphatic carbocycles. The van der Waals surface area contributed by atoms with Gasteiger partial charge in [0.2, 0.25) is 11.8 Å². The van der Waals surface area contributed by atoms with Crippen LogP contribution in [0.3, 0.4) is 0 Å². The molecular weight excluding hydrogens is 220 g/mol. The molecule has 0 aliphatic heterocycles. The number of hydrogen-bond acceptors (Lipinski definition) is 4. The fourth-order valence-corrected chi connectivity index (χ4v) is 1.46. The molecule has 0 bridgehead atoms. The SMILES string of the molecule is CC(C)CCc1nnc(CCCCC(=O)O)o1. The molecule has 0 saturated heterocycles. The van der Waals surface area contributed by atoms with Gasteiger partial charge in [0.25, 0.3) is 0 Å². The summed E-state index contributed by atoms with van der Waals surface area (Å²) in [6.07, 6.45) is 4.16. The van der Waals surface area contributed by atoms with Crippen molar-refractivity contribution in [3.8, 4) is 0 Å². The summed E-state index contributed by atoms with van der Waals surface area (Å²) in [5, 5.41) is 16.4. The lowest BCUT2D eigenvalue weighted by molar-refractivity contribution is -0.137. The highest BCUT2D eigenvalue weighted by Gasteiger charge is 2.07. The van der Waals surface area contributed by atoms with Crippen molar-refractivity contribution in [2.45, 2.75) is 52.4 Å². The predicted molar refractivity (Wildman–Crippen MR) is 62.6 cm³/mol. The van der Waals surface area contributed by atoms with Crippen molar-refractivity contribution in [3.63, 3.8) is 0 Å². The second-order valence-corrected chi connectivity index (χ2v) is 4.62. The van der Waals surface area contributed by atoms with Gasteiger partial charge in [-0.05, 0) is 25.2 Å². The van der Waals surface area contributed by atoms with Gasteiger partial charge in [0.1, 0.15) is 0 Å². The third-order valence-electron chi connectivity index (χ3n) is 2.48. The summed E-state index contributed by atoms with van der Waals surface area (Å²) in [6, 6.07) is 0. The molecule has 1 heterocycles. The normalized spacial score (nSPS) is 11.0. The number of aryl methyl sites for hydroxylation is 2. The highest BCUT2D eigenvalue weighted by Crippen LogP contribution is 2.10. The zero-order chi connectivity index (χ0) is 12.7. The van der Waals surface area contributed by atoms with E-state index in [1.807, 2.05) is 0 Å². The lowest BCUT2D eigenvalue weighted by Gasteiger charge is -1.99. The smallest absolute Gasteiger partial charge is 0.303 e. The molecule has 1 aromatic rings. The molecule has 1 N–H and O–H groups in total. The molecule has 5 heteroatoms. The molecular formula is C12H20N2O3. The Hall–Kier alpha value is -1.39. The molecule has 0 aliphatic rings. The molecule has 0 atom stereocenters. The van der Waals surface area contributed by atoms with Crippen LogP contribution in [0, 0.1) is 5.92 Å². The zero-order valence-corrected chi connectivity index (χ0v) is 10.5. The zero-order valence-electron chi connectivity index (χ0n) is 10.5. The Morgan fingerprint density at radius 3 is 2.47 bits per heavy atom. The molecule has 0 saturated carbocycles. The van der Waals surface area contributed by atoms with E-state index >= 15 is 0 Å². The van der Waals surface area contributed by atoms with E-state index in [0.717, 1.165) is 19.3 Å². The van der Waals surface area contributed by atoms with Gasteiger partial charge in [-0.3, -0.25) is 4.79 Å². The summed E-state index contributed by atoms with van der Waals surface area (Å²) in [6.45, 7) is 4.31. The molecule has 17 heavy (non-hydrogen) atoms. The number of carbonyl (C=O) groups is 1. The summed E-state index contributed by atoms with van der Waals surface area (Å²) in [5.74, 6) is 1.18. The number of nitrogens with zero attached hydrogens (tertiary/aromatic N) is 2. The molecule has 1 rings (SSSR count). The van der Waals surface area contributed by atoms with Gasteiger partial charge in [-0.15, -0.1) is 10.2 Å².